The van der Waals surface area contributed by atoms with Gasteiger partial charge in [0.2, 0.25) is 0 Å². The summed E-state index contributed by atoms with van der Waals surface area (Å²) in [7, 11) is 0. The average molecular weight is 1170 g/mol. The third-order valence-corrected chi connectivity index (χ3v) is 19.9. The van der Waals surface area contributed by atoms with Crippen LogP contribution >= 0.6 is 0 Å². The summed E-state index contributed by atoms with van der Waals surface area (Å²) >= 11 is 0. The molecule has 4 heterocycles. The quantitative estimate of drug-likeness (QED) is 0.137. The molecule has 0 saturated carbocycles. The molecular weight excluding hydrogens is 1110 g/mol. The summed E-state index contributed by atoms with van der Waals surface area (Å²) in [6, 6.07) is 117. The zero-order valence-electron chi connectivity index (χ0n) is 50.6. The first-order valence-electron chi connectivity index (χ1n) is 32.3. The fourth-order valence-corrected chi connectivity index (χ4v) is 15.6. The molecule has 432 valence electrons. The molecule has 1 aliphatic carbocycles. The Labute approximate surface area is 533 Å². The van der Waals surface area contributed by atoms with E-state index in [2.05, 4.69) is 334 Å². The minimum Gasteiger partial charge on any atom is -0.309 e. The van der Waals surface area contributed by atoms with Crippen molar-refractivity contribution >= 4 is 87.2 Å². The number of para-hydroxylation sites is 5. The van der Waals surface area contributed by atoms with E-state index in [1.54, 1.807) is 0 Å². The van der Waals surface area contributed by atoms with Gasteiger partial charge >= 0.3 is 0 Å². The zero-order chi connectivity index (χ0) is 60.4. The van der Waals surface area contributed by atoms with Gasteiger partial charge in [0.25, 0.3) is 0 Å². The molecule has 0 N–H and O–H groups in total. The van der Waals surface area contributed by atoms with Gasteiger partial charge in [0, 0.05) is 65.8 Å². The predicted molar refractivity (Wildman–Crippen MR) is 388 cm³/mol. The molecule has 0 radical (unpaired) electrons. The molecule has 4 aromatic heterocycles. The third-order valence-electron chi connectivity index (χ3n) is 19.9. The lowest BCUT2D eigenvalue weighted by atomic mass is 9.89. The number of benzene rings is 14. The predicted octanol–water partition coefficient (Wildman–Crippen LogP) is 23.3. The lowest BCUT2D eigenvalue weighted by molar-refractivity contribution is 0.688. The van der Waals surface area contributed by atoms with Crippen LogP contribution in [0, 0.1) is 0 Å². The minimum atomic E-state index is 1.12. The highest BCUT2D eigenvalue weighted by Gasteiger charge is 2.23. The fourth-order valence-electron chi connectivity index (χ4n) is 15.6. The first-order valence-corrected chi connectivity index (χ1v) is 32.3. The van der Waals surface area contributed by atoms with Crippen LogP contribution in [0.25, 0.3) is 166 Å². The van der Waals surface area contributed by atoms with Crippen molar-refractivity contribution in [2.24, 2.45) is 0 Å². The molecule has 92 heavy (non-hydrogen) atoms. The van der Waals surface area contributed by atoms with Gasteiger partial charge in [-0.2, -0.15) is 0 Å². The van der Waals surface area contributed by atoms with Crippen molar-refractivity contribution in [2.75, 3.05) is 0 Å². The maximum atomic E-state index is 2.52. The first kappa shape index (κ1) is 52.2. The highest BCUT2D eigenvalue weighted by Crippen LogP contribution is 2.44. The Morgan fingerprint density at radius 2 is 0.533 bits per heavy atom. The van der Waals surface area contributed by atoms with Crippen LogP contribution in [0.15, 0.2) is 315 Å². The minimum absolute atomic E-state index is 1.12. The van der Waals surface area contributed by atoms with Crippen molar-refractivity contribution in [2.45, 2.75) is 25.7 Å². The van der Waals surface area contributed by atoms with Gasteiger partial charge in [0.1, 0.15) is 0 Å². The molecule has 0 atom stereocenters. The second-order valence-corrected chi connectivity index (χ2v) is 25.1. The van der Waals surface area contributed by atoms with E-state index < -0.39 is 0 Å². The monoisotopic (exact) mass is 1170 g/mol. The second-order valence-electron chi connectivity index (χ2n) is 25.1. The molecule has 4 nitrogen and oxygen atoms in total. The van der Waals surface area contributed by atoms with E-state index in [0.29, 0.717) is 0 Å². The van der Waals surface area contributed by atoms with Crippen LogP contribution in [0.5, 0.6) is 0 Å². The van der Waals surface area contributed by atoms with E-state index in [4.69, 9.17) is 0 Å². The SMILES string of the molecule is c1ccc(-c2cc(-c3ccc(-n4c5ccccc5c5cc(-c6ccc7c(c6)c6ccc8c(c6n7-c6ccccc6)CCCC8)ccc54)cc3)cc(-c3cccc(-n4c5ccccc5c5cc(-c6ccc7c(c6)c6ccccc6n7-c6ccccc6)ccc54)c3)c2)cc1. The van der Waals surface area contributed by atoms with Gasteiger partial charge in [-0.05, 0) is 226 Å². The molecule has 0 fully saturated rings. The Kier molecular flexibility index (Phi) is 11.9. The van der Waals surface area contributed by atoms with Crippen molar-refractivity contribution in [1.82, 2.24) is 18.3 Å². The van der Waals surface area contributed by atoms with E-state index in [0.717, 1.165) is 46.6 Å². The molecule has 0 bridgehead atoms. The Bertz CT molecular complexity index is 5980. The van der Waals surface area contributed by atoms with Gasteiger partial charge in [-0.3, -0.25) is 0 Å². The van der Waals surface area contributed by atoms with Gasteiger partial charge in [-0.15, -0.1) is 0 Å². The van der Waals surface area contributed by atoms with E-state index in [9.17, 15) is 0 Å². The molecule has 0 aliphatic heterocycles. The largest absolute Gasteiger partial charge is 0.309 e. The number of aromatic nitrogens is 4. The van der Waals surface area contributed by atoms with Crippen molar-refractivity contribution in [1.29, 1.82) is 0 Å². The Morgan fingerprint density at radius 1 is 0.185 bits per heavy atom. The normalized spacial score (nSPS) is 12.6. The number of aryl methyl sites for hydroxylation is 2. The highest BCUT2D eigenvalue weighted by atomic mass is 15.0. The molecule has 0 spiro atoms. The van der Waals surface area contributed by atoms with Crippen LogP contribution in [-0.4, -0.2) is 18.3 Å². The zero-order valence-corrected chi connectivity index (χ0v) is 50.6. The average Bonchev–Trinajstić information content (AvgIpc) is 1.84. The fraction of sp³-hybridized carbons (Fsp3) is 0.0455. The Balaban J connectivity index is 0.678. The summed E-state index contributed by atoms with van der Waals surface area (Å²) in [5.41, 5.74) is 29.3. The van der Waals surface area contributed by atoms with Crippen LogP contribution in [-0.2, 0) is 12.8 Å². The molecule has 4 heteroatoms. The van der Waals surface area contributed by atoms with Crippen LogP contribution in [0.4, 0.5) is 0 Å². The molecular formula is C88H60N4. The third kappa shape index (κ3) is 8.30. The van der Waals surface area contributed by atoms with E-state index >= 15 is 0 Å². The van der Waals surface area contributed by atoms with Crippen molar-refractivity contribution in [3.63, 3.8) is 0 Å². The molecule has 19 rings (SSSR count). The number of rotatable bonds is 9. The van der Waals surface area contributed by atoms with Crippen molar-refractivity contribution in [3.05, 3.63) is 327 Å². The van der Waals surface area contributed by atoms with Gasteiger partial charge in [0.05, 0.1) is 44.1 Å². The Hall–Kier alpha value is -11.7. The highest BCUT2D eigenvalue weighted by molar-refractivity contribution is 6.15. The van der Waals surface area contributed by atoms with E-state index in [1.165, 1.54) is 156 Å². The molecule has 18 aromatic rings. The number of hydrogen-bond acceptors (Lipinski definition) is 0. The first-order chi connectivity index (χ1) is 45.6. The number of nitrogens with zero attached hydrogens (tertiary/aromatic N) is 4. The molecule has 0 amide bonds. The van der Waals surface area contributed by atoms with E-state index in [1.807, 2.05) is 0 Å². The maximum absolute atomic E-state index is 2.52. The van der Waals surface area contributed by atoms with Gasteiger partial charge in [0.15, 0.2) is 0 Å². The topological polar surface area (TPSA) is 19.7 Å². The number of fused-ring (bicyclic) bond motifs is 14. The molecule has 1 aliphatic rings. The van der Waals surface area contributed by atoms with Crippen LogP contribution in [0.3, 0.4) is 0 Å². The lowest BCUT2D eigenvalue weighted by Crippen LogP contribution is -2.05. The maximum Gasteiger partial charge on any atom is 0.0575 e. The summed E-state index contributed by atoms with van der Waals surface area (Å²) < 4.78 is 9.79. The smallest absolute Gasteiger partial charge is 0.0575 e. The summed E-state index contributed by atoms with van der Waals surface area (Å²) in [6.07, 6.45) is 4.79. The standard InChI is InChI=1S/C88H60N4/c1-4-19-57(20-5-1)65-49-66(51-67(50-65)60-22-18-27-71(52-60)91-83-34-17-14-31-75(83)79-55-62(40-47-86(79)91)61-38-45-84-77(53-61)73-29-12-15-32-81(73)89(84)68-23-6-2-7-24-68)58-35-42-70(43-36-58)90-82-33-16-13-30-74(82)78-54-63(39-46-85(78)90)64-41-48-87-80(56-64)76-44-37-59-21-10-11-28-72(59)88(76)92(87)69-25-8-3-9-26-69/h1-9,12-20,22-27,29-56H,10-11,21,28H2. The van der Waals surface area contributed by atoms with Gasteiger partial charge < -0.3 is 18.3 Å². The summed E-state index contributed by atoms with van der Waals surface area (Å²) in [5, 5.41) is 10.1. The van der Waals surface area contributed by atoms with Crippen molar-refractivity contribution in [3.8, 4) is 78.4 Å². The lowest BCUT2D eigenvalue weighted by Gasteiger charge is -2.18. The van der Waals surface area contributed by atoms with Crippen LogP contribution in [0.1, 0.15) is 24.0 Å². The summed E-state index contributed by atoms with van der Waals surface area (Å²) in [5.74, 6) is 0. The van der Waals surface area contributed by atoms with Gasteiger partial charge in [-0.1, -0.05) is 182 Å². The summed E-state index contributed by atoms with van der Waals surface area (Å²) in [4.78, 5) is 0. The molecule has 14 aromatic carbocycles. The van der Waals surface area contributed by atoms with Crippen LogP contribution in [0.2, 0.25) is 0 Å². The second kappa shape index (κ2) is 20.9. The number of hydrogen-bond donors (Lipinski definition) is 0. The van der Waals surface area contributed by atoms with Gasteiger partial charge in [-0.25, -0.2) is 0 Å². The van der Waals surface area contributed by atoms with Crippen molar-refractivity contribution < 1.29 is 0 Å². The van der Waals surface area contributed by atoms with E-state index in [-0.39, 0.29) is 0 Å². The molecule has 0 saturated heterocycles. The molecule has 0 unspecified atom stereocenters. The Morgan fingerprint density at radius 3 is 1.05 bits per heavy atom. The van der Waals surface area contributed by atoms with Crippen LogP contribution < -0.4 is 0 Å². The summed E-state index contributed by atoms with van der Waals surface area (Å²) in [6.45, 7) is 0.